The Kier molecular flexibility index (Phi) is 4.88. The maximum atomic E-state index is 12.7. The van der Waals surface area contributed by atoms with Crippen molar-refractivity contribution >= 4 is 27.3 Å². The van der Waals surface area contributed by atoms with Gasteiger partial charge in [0.15, 0.2) is 9.84 Å². The number of hydrogen-bond acceptors (Lipinski definition) is 5. The van der Waals surface area contributed by atoms with E-state index in [1.54, 1.807) is 30.9 Å². The number of nitrogens with zero attached hydrogens (tertiary/aromatic N) is 2. The monoisotopic (exact) mass is 382 g/mol. The molecule has 1 aromatic carbocycles. The van der Waals surface area contributed by atoms with Gasteiger partial charge in [-0.3, -0.25) is 4.79 Å². The summed E-state index contributed by atoms with van der Waals surface area (Å²) in [4.78, 5) is 14.4. The Morgan fingerprint density at radius 2 is 2.00 bits per heavy atom. The quantitative estimate of drug-likeness (QED) is 0.811. The molecule has 2 aromatic rings. The van der Waals surface area contributed by atoms with E-state index in [4.69, 9.17) is 16.1 Å². The summed E-state index contributed by atoms with van der Waals surface area (Å²) in [6.07, 6.45) is 0.604. The molecular weight excluding hydrogens is 364 g/mol. The minimum Gasteiger partial charge on any atom is -0.361 e. The Morgan fingerprint density at radius 1 is 1.32 bits per heavy atom. The number of likely N-dealkylation sites (tertiary alicyclic amines) is 1. The van der Waals surface area contributed by atoms with Gasteiger partial charge >= 0.3 is 0 Å². The average molecular weight is 383 g/mol. The van der Waals surface area contributed by atoms with Crippen LogP contribution in [0, 0.1) is 13.8 Å². The zero-order valence-corrected chi connectivity index (χ0v) is 15.6. The molecule has 3 rings (SSSR count). The lowest BCUT2D eigenvalue weighted by atomic mass is 10.1. The molecule has 1 atom stereocenters. The molecule has 1 saturated heterocycles. The van der Waals surface area contributed by atoms with Gasteiger partial charge in [-0.25, -0.2) is 8.42 Å². The number of rotatable bonds is 4. The molecule has 8 heteroatoms. The predicted octanol–water partition coefficient (Wildman–Crippen LogP) is 2.56. The van der Waals surface area contributed by atoms with E-state index in [1.165, 1.54) is 12.1 Å². The fourth-order valence-corrected chi connectivity index (χ4v) is 4.86. The lowest BCUT2D eigenvalue weighted by molar-refractivity contribution is -0.129. The van der Waals surface area contributed by atoms with Crippen molar-refractivity contribution in [1.82, 2.24) is 10.1 Å². The topological polar surface area (TPSA) is 80.5 Å². The van der Waals surface area contributed by atoms with Crippen molar-refractivity contribution in [3.8, 4) is 0 Å². The van der Waals surface area contributed by atoms with Gasteiger partial charge in [0.05, 0.1) is 22.3 Å². The Labute approximate surface area is 151 Å². The second kappa shape index (κ2) is 6.80. The average Bonchev–Trinajstić information content (AvgIpc) is 3.18. The molecule has 0 saturated carbocycles. The molecule has 0 N–H and O–H groups in total. The van der Waals surface area contributed by atoms with E-state index < -0.39 is 15.1 Å². The standard InChI is InChI=1S/C17H19ClN2O4S/c1-11-16(12(2)24-19-11)9-17(21)20-8-7-15(10-20)25(22,23)14-5-3-13(18)4-6-14/h3-6,15H,7-10H2,1-2H3. The highest BCUT2D eigenvalue weighted by atomic mass is 35.5. The second-order valence-corrected chi connectivity index (χ2v) is 8.89. The van der Waals surface area contributed by atoms with Gasteiger partial charge in [-0.1, -0.05) is 16.8 Å². The van der Waals surface area contributed by atoms with Crippen LogP contribution in [-0.4, -0.2) is 42.7 Å². The van der Waals surface area contributed by atoms with Crippen molar-refractivity contribution in [1.29, 1.82) is 0 Å². The number of sulfone groups is 1. The Hall–Kier alpha value is -1.86. The Bertz CT molecular complexity index is 870. The van der Waals surface area contributed by atoms with Crippen LogP contribution in [0.5, 0.6) is 0 Å². The molecule has 1 amide bonds. The van der Waals surface area contributed by atoms with Crippen molar-refractivity contribution < 1.29 is 17.7 Å². The highest BCUT2D eigenvalue weighted by molar-refractivity contribution is 7.92. The number of carbonyl (C=O) groups is 1. The van der Waals surface area contributed by atoms with Crippen LogP contribution in [0.25, 0.3) is 0 Å². The van der Waals surface area contributed by atoms with Gasteiger partial charge in [0.25, 0.3) is 0 Å². The zero-order valence-electron chi connectivity index (χ0n) is 14.0. The summed E-state index contributed by atoms with van der Waals surface area (Å²) in [5, 5.41) is 3.74. The van der Waals surface area contributed by atoms with Gasteiger partial charge in [0, 0.05) is 23.7 Å². The summed E-state index contributed by atoms with van der Waals surface area (Å²) in [6.45, 7) is 4.18. The van der Waals surface area contributed by atoms with Crippen LogP contribution in [0.15, 0.2) is 33.7 Å². The first kappa shape index (κ1) is 17.9. The number of aromatic nitrogens is 1. The molecule has 1 aliphatic heterocycles. The SMILES string of the molecule is Cc1noc(C)c1CC(=O)N1CCC(S(=O)(=O)c2ccc(Cl)cc2)C1. The van der Waals surface area contributed by atoms with Gasteiger partial charge in [0.2, 0.25) is 5.91 Å². The van der Waals surface area contributed by atoms with E-state index in [9.17, 15) is 13.2 Å². The molecule has 0 radical (unpaired) electrons. The molecule has 25 heavy (non-hydrogen) atoms. The maximum absolute atomic E-state index is 12.7. The highest BCUT2D eigenvalue weighted by Crippen LogP contribution is 2.26. The number of carbonyl (C=O) groups excluding carboxylic acids is 1. The number of aryl methyl sites for hydroxylation is 2. The second-order valence-electron chi connectivity index (χ2n) is 6.23. The number of halogens is 1. The summed E-state index contributed by atoms with van der Waals surface area (Å²) < 4.78 is 30.5. The Morgan fingerprint density at radius 3 is 2.60 bits per heavy atom. The smallest absolute Gasteiger partial charge is 0.227 e. The molecule has 2 heterocycles. The molecule has 0 spiro atoms. The van der Waals surface area contributed by atoms with Crippen molar-refractivity contribution in [2.24, 2.45) is 0 Å². The normalized spacial score (nSPS) is 17.9. The minimum absolute atomic E-state index is 0.108. The van der Waals surface area contributed by atoms with Crippen molar-refractivity contribution in [3.05, 3.63) is 46.3 Å². The lowest BCUT2D eigenvalue weighted by Crippen LogP contribution is -2.33. The third kappa shape index (κ3) is 3.57. The van der Waals surface area contributed by atoms with Gasteiger partial charge in [-0.15, -0.1) is 0 Å². The van der Waals surface area contributed by atoms with Crippen LogP contribution < -0.4 is 0 Å². The van der Waals surface area contributed by atoms with Crippen molar-refractivity contribution in [2.45, 2.75) is 36.8 Å². The van der Waals surface area contributed by atoms with E-state index in [0.29, 0.717) is 29.4 Å². The first-order valence-electron chi connectivity index (χ1n) is 7.98. The van der Waals surface area contributed by atoms with E-state index >= 15 is 0 Å². The summed E-state index contributed by atoms with van der Waals surface area (Å²) in [6, 6.07) is 6.13. The molecular formula is C17H19ClN2O4S. The van der Waals surface area contributed by atoms with E-state index in [0.717, 1.165) is 5.56 Å². The fourth-order valence-electron chi connectivity index (χ4n) is 3.04. The van der Waals surface area contributed by atoms with E-state index in [-0.39, 0.29) is 23.8 Å². The van der Waals surface area contributed by atoms with E-state index in [1.807, 2.05) is 0 Å². The van der Waals surface area contributed by atoms with Crippen LogP contribution in [0.4, 0.5) is 0 Å². The predicted molar refractivity (Wildman–Crippen MR) is 93.3 cm³/mol. The molecule has 0 aliphatic carbocycles. The van der Waals surface area contributed by atoms with Gasteiger partial charge < -0.3 is 9.42 Å². The van der Waals surface area contributed by atoms with Crippen LogP contribution in [-0.2, 0) is 21.1 Å². The minimum atomic E-state index is -3.48. The largest absolute Gasteiger partial charge is 0.361 e. The number of hydrogen-bond donors (Lipinski definition) is 0. The fraction of sp³-hybridized carbons (Fsp3) is 0.412. The molecule has 0 bridgehead atoms. The number of benzene rings is 1. The molecule has 1 aliphatic rings. The van der Waals surface area contributed by atoms with Gasteiger partial charge in [-0.2, -0.15) is 0 Å². The summed E-state index contributed by atoms with van der Waals surface area (Å²) in [5.41, 5.74) is 1.46. The third-order valence-electron chi connectivity index (χ3n) is 4.59. The third-order valence-corrected chi connectivity index (χ3v) is 7.03. The molecule has 1 fully saturated rings. The van der Waals surface area contributed by atoms with Crippen LogP contribution in [0.2, 0.25) is 5.02 Å². The first-order valence-corrected chi connectivity index (χ1v) is 9.90. The molecule has 134 valence electrons. The molecule has 1 unspecified atom stereocenters. The lowest BCUT2D eigenvalue weighted by Gasteiger charge is -2.17. The molecule has 6 nitrogen and oxygen atoms in total. The first-order chi connectivity index (χ1) is 11.8. The van der Waals surface area contributed by atoms with Crippen molar-refractivity contribution in [3.63, 3.8) is 0 Å². The summed E-state index contributed by atoms with van der Waals surface area (Å²) >= 11 is 5.82. The maximum Gasteiger partial charge on any atom is 0.227 e. The highest BCUT2D eigenvalue weighted by Gasteiger charge is 2.36. The van der Waals surface area contributed by atoms with Crippen LogP contribution >= 0.6 is 11.6 Å². The van der Waals surface area contributed by atoms with Crippen molar-refractivity contribution in [2.75, 3.05) is 13.1 Å². The molecule has 1 aromatic heterocycles. The van der Waals surface area contributed by atoms with Gasteiger partial charge in [-0.05, 0) is 44.5 Å². The van der Waals surface area contributed by atoms with Crippen LogP contribution in [0.1, 0.15) is 23.4 Å². The summed E-state index contributed by atoms with van der Waals surface area (Å²) in [5.74, 6) is 0.513. The van der Waals surface area contributed by atoms with Gasteiger partial charge in [0.1, 0.15) is 5.76 Å². The zero-order chi connectivity index (χ0) is 18.2. The van der Waals surface area contributed by atoms with E-state index in [2.05, 4.69) is 5.16 Å². The summed E-state index contributed by atoms with van der Waals surface area (Å²) in [7, 11) is -3.48. The Balaban J connectivity index is 1.71. The number of amides is 1. The van der Waals surface area contributed by atoms with Crippen LogP contribution in [0.3, 0.4) is 0 Å².